The van der Waals surface area contributed by atoms with E-state index in [0.29, 0.717) is 34.2 Å². The van der Waals surface area contributed by atoms with Crippen molar-refractivity contribution in [3.8, 4) is 11.5 Å². The number of carbonyl (C=O) groups is 2. The van der Waals surface area contributed by atoms with E-state index in [1.807, 2.05) is 6.92 Å². The first kappa shape index (κ1) is 20.2. The number of nitrogens with one attached hydrogen (secondary N) is 2. The summed E-state index contributed by atoms with van der Waals surface area (Å²) >= 11 is 1.52. The van der Waals surface area contributed by atoms with Gasteiger partial charge in [-0.3, -0.25) is 9.59 Å². The number of aryl methyl sites for hydroxylation is 1. The minimum absolute atomic E-state index is 0.108. The summed E-state index contributed by atoms with van der Waals surface area (Å²) in [5.41, 5.74) is 2.17. The molecule has 0 fully saturated rings. The van der Waals surface area contributed by atoms with Crippen molar-refractivity contribution in [2.45, 2.75) is 39.0 Å². The fourth-order valence-corrected chi connectivity index (χ4v) is 4.66. The van der Waals surface area contributed by atoms with Gasteiger partial charge in [0.1, 0.15) is 5.00 Å². The van der Waals surface area contributed by atoms with E-state index >= 15 is 0 Å². The number of rotatable bonds is 7. The zero-order valence-corrected chi connectivity index (χ0v) is 17.3. The van der Waals surface area contributed by atoms with Gasteiger partial charge in [0.25, 0.3) is 11.8 Å². The van der Waals surface area contributed by atoms with Gasteiger partial charge < -0.3 is 20.1 Å². The largest absolute Gasteiger partial charge is 0.493 e. The molecule has 0 spiro atoms. The SMILES string of the molecule is CCCNC(=O)c1c(NC(=O)c2ccc(OC)c(OC)c2)sc2c1CCCC2. The number of carbonyl (C=O) groups excluding carboxylic acids is 2. The van der Waals surface area contributed by atoms with Crippen LogP contribution >= 0.6 is 11.3 Å². The van der Waals surface area contributed by atoms with Gasteiger partial charge >= 0.3 is 0 Å². The van der Waals surface area contributed by atoms with Crippen LogP contribution in [0.4, 0.5) is 5.00 Å². The fraction of sp³-hybridized carbons (Fsp3) is 0.429. The summed E-state index contributed by atoms with van der Waals surface area (Å²) in [5, 5.41) is 6.53. The standard InChI is InChI=1S/C21H26N2O4S/c1-4-11-22-20(25)18-14-7-5-6-8-17(14)28-21(18)23-19(24)13-9-10-15(26-2)16(12-13)27-3/h9-10,12H,4-8,11H2,1-3H3,(H,22,25)(H,23,24). The van der Waals surface area contributed by atoms with Crippen LogP contribution < -0.4 is 20.1 Å². The summed E-state index contributed by atoms with van der Waals surface area (Å²) in [6.07, 6.45) is 4.89. The van der Waals surface area contributed by atoms with Gasteiger partial charge in [-0.25, -0.2) is 0 Å². The molecule has 0 atom stereocenters. The predicted molar refractivity (Wildman–Crippen MR) is 111 cm³/mol. The summed E-state index contributed by atoms with van der Waals surface area (Å²) in [5.74, 6) is 0.666. The lowest BCUT2D eigenvalue weighted by molar-refractivity contribution is 0.0954. The maximum Gasteiger partial charge on any atom is 0.256 e. The minimum Gasteiger partial charge on any atom is -0.493 e. The summed E-state index contributed by atoms with van der Waals surface area (Å²) in [4.78, 5) is 26.8. The molecule has 0 radical (unpaired) electrons. The summed E-state index contributed by atoms with van der Waals surface area (Å²) in [7, 11) is 3.08. The molecule has 2 aromatic rings. The molecule has 0 saturated heterocycles. The van der Waals surface area contributed by atoms with E-state index in [1.54, 1.807) is 25.3 Å². The topological polar surface area (TPSA) is 76.7 Å². The predicted octanol–water partition coefficient (Wildman–Crippen LogP) is 4.04. The van der Waals surface area contributed by atoms with Crippen LogP contribution in [-0.4, -0.2) is 32.6 Å². The lowest BCUT2D eigenvalue weighted by Crippen LogP contribution is -2.26. The summed E-state index contributed by atoms with van der Waals surface area (Å²) in [6, 6.07) is 5.02. The number of thiophene rings is 1. The molecule has 150 valence electrons. The zero-order valence-electron chi connectivity index (χ0n) is 16.5. The van der Waals surface area contributed by atoms with Crippen molar-refractivity contribution in [2.24, 2.45) is 0 Å². The van der Waals surface area contributed by atoms with Crippen LogP contribution in [0.1, 0.15) is 57.3 Å². The van der Waals surface area contributed by atoms with Crippen LogP contribution in [0.2, 0.25) is 0 Å². The van der Waals surface area contributed by atoms with Gasteiger partial charge in [-0.05, 0) is 55.9 Å². The Morgan fingerprint density at radius 3 is 2.54 bits per heavy atom. The molecule has 1 aliphatic carbocycles. The second-order valence-electron chi connectivity index (χ2n) is 6.69. The molecule has 1 aromatic carbocycles. The molecule has 0 aliphatic heterocycles. The fourth-order valence-electron chi connectivity index (χ4n) is 3.37. The number of methoxy groups -OCH3 is 2. The van der Waals surface area contributed by atoms with Crippen molar-refractivity contribution in [2.75, 3.05) is 26.1 Å². The highest BCUT2D eigenvalue weighted by Gasteiger charge is 2.26. The van der Waals surface area contributed by atoms with E-state index in [4.69, 9.17) is 9.47 Å². The maximum atomic E-state index is 12.9. The number of anilines is 1. The highest BCUT2D eigenvalue weighted by molar-refractivity contribution is 7.17. The molecular formula is C21H26N2O4S. The Bertz CT molecular complexity index is 876. The van der Waals surface area contributed by atoms with Crippen molar-refractivity contribution in [3.63, 3.8) is 0 Å². The van der Waals surface area contributed by atoms with Gasteiger partial charge in [0.2, 0.25) is 0 Å². The minimum atomic E-state index is -0.274. The molecule has 0 saturated carbocycles. The van der Waals surface area contributed by atoms with Crippen molar-refractivity contribution < 1.29 is 19.1 Å². The third-order valence-electron chi connectivity index (χ3n) is 4.81. The van der Waals surface area contributed by atoms with Crippen molar-refractivity contribution in [3.05, 3.63) is 39.8 Å². The molecule has 6 nitrogen and oxygen atoms in total. The van der Waals surface area contributed by atoms with Crippen LogP contribution in [0.3, 0.4) is 0 Å². The Labute approximate surface area is 169 Å². The van der Waals surface area contributed by atoms with E-state index in [0.717, 1.165) is 37.7 Å². The zero-order chi connectivity index (χ0) is 20.1. The highest BCUT2D eigenvalue weighted by atomic mass is 32.1. The van der Waals surface area contributed by atoms with Gasteiger partial charge in [-0.15, -0.1) is 11.3 Å². The monoisotopic (exact) mass is 402 g/mol. The smallest absolute Gasteiger partial charge is 0.256 e. The Balaban J connectivity index is 1.90. The Hall–Kier alpha value is -2.54. The molecule has 3 rings (SSSR count). The lowest BCUT2D eigenvalue weighted by atomic mass is 9.95. The molecule has 1 aliphatic rings. The Kier molecular flexibility index (Phi) is 6.57. The first-order valence-corrected chi connectivity index (χ1v) is 10.4. The summed E-state index contributed by atoms with van der Waals surface area (Å²) < 4.78 is 10.5. The first-order valence-electron chi connectivity index (χ1n) is 9.55. The Morgan fingerprint density at radius 1 is 1.07 bits per heavy atom. The van der Waals surface area contributed by atoms with Crippen LogP contribution in [-0.2, 0) is 12.8 Å². The van der Waals surface area contributed by atoms with Crippen LogP contribution in [0.15, 0.2) is 18.2 Å². The normalized spacial score (nSPS) is 12.8. The molecule has 1 aromatic heterocycles. The van der Waals surface area contributed by atoms with Crippen molar-refractivity contribution in [1.29, 1.82) is 0 Å². The second-order valence-corrected chi connectivity index (χ2v) is 7.80. The summed E-state index contributed by atoms with van der Waals surface area (Å²) in [6.45, 7) is 2.63. The highest BCUT2D eigenvalue weighted by Crippen LogP contribution is 2.38. The number of hydrogen-bond acceptors (Lipinski definition) is 5. The molecular weight excluding hydrogens is 376 g/mol. The van der Waals surface area contributed by atoms with Crippen LogP contribution in [0.25, 0.3) is 0 Å². The third-order valence-corrected chi connectivity index (χ3v) is 6.01. The quantitative estimate of drug-likeness (QED) is 0.733. The van der Waals surface area contributed by atoms with E-state index < -0.39 is 0 Å². The van der Waals surface area contributed by atoms with Crippen molar-refractivity contribution in [1.82, 2.24) is 5.32 Å². The average Bonchev–Trinajstić information content (AvgIpc) is 3.09. The van der Waals surface area contributed by atoms with Crippen molar-refractivity contribution >= 4 is 28.2 Å². The molecule has 0 bridgehead atoms. The number of hydrogen-bond donors (Lipinski definition) is 2. The van der Waals surface area contributed by atoms with Gasteiger partial charge in [0.15, 0.2) is 11.5 Å². The van der Waals surface area contributed by atoms with E-state index in [-0.39, 0.29) is 11.8 Å². The molecule has 7 heteroatoms. The van der Waals surface area contributed by atoms with E-state index in [2.05, 4.69) is 10.6 Å². The number of benzene rings is 1. The average molecular weight is 403 g/mol. The van der Waals surface area contributed by atoms with Gasteiger partial charge in [0.05, 0.1) is 19.8 Å². The van der Waals surface area contributed by atoms with Crippen LogP contribution in [0, 0.1) is 0 Å². The molecule has 2 N–H and O–H groups in total. The van der Waals surface area contributed by atoms with E-state index in [9.17, 15) is 9.59 Å². The molecule has 0 unspecified atom stereocenters. The first-order chi connectivity index (χ1) is 13.6. The number of fused-ring (bicyclic) bond motifs is 1. The number of ether oxygens (including phenoxy) is 2. The van der Waals surface area contributed by atoms with Gasteiger partial charge in [-0.2, -0.15) is 0 Å². The van der Waals surface area contributed by atoms with Crippen LogP contribution in [0.5, 0.6) is 11.5 Å². The van der Waals surface area contributed by atoms with Gasteiger partial charge in [-0.1, -0.05) is 6.92 Å². The lowest BCUT2D eigenvalue weighted by Gasteiger charge is -2.13. The molecule has 2 amide bonds. The molecule has 28 heavy (non-hydrogen) atoms. The van der Waals surface area contributed by atoms with E-state index in [1.165, 1.54) is 23.3 Å². The second kappa shape index (κ2) is 9.10. The molecule has 1 heterocycles. The Morgan fingerprint density at radius 2 is 1.82 bits per heavy atom. The third kappa shape index (κ3) is 4.14. The maximum absolute atomic E-state index is 12.9. The number of amides is 2. The van der Waals surface area contributed by atoms with Gasteiger partial charge in [0, 0.05) is 17.0 Å².